The number of aromatic nitrogens is 1. The van der Waals surface area contributed by atoms with Crippen molar-refractivity contribution >= 4 is 17.7 Å². The van der Waals surface area contributed by atoms with E-state index in [1.165, 1.54) is 0 Å². The molecule has 1 aromatic heterocycles. The minimum Gasteiger partial charge on any atom is -0.321 e. The van der Waals surface area contributed by atoms with Crippen LogP contribution in [0.15, 0.2) is 79.5 Å². The zero-order valence-corrected chi connectivity index (χ0v) is 12.6. The van der Waals surface area contributed by atoms with Crippen molar-refractivity contribution in [2.75, 3.05) is 5.32 Å². The highest BCUT2D eigenvalue weighted by atomic mass is 16.1. The lowest BCUT2D eigenvalue weighted by molar-refractivity contribution is 0.102. The Morgan fingerprint density at radius 2 is 1.78 bits per heavy atom. The molecule has 0 unspecified atom stereocenters. The van der Waals surface area contributed by atoms with Crippen molar-refractivity contribution in [3.63, 3.8) is 0 Å². The molecule has 1 amide bonds. The lowest BCUT2D eigenvalue weighted by atomic mass is 10.0. The van der Waals surface area contributed by atoms with Crippen LogP contribution >= 0.6 is 0 Å². The molecule has 0 atom stereocenters. The van der Waals surface area contributed by atoms with Gasteiger partial charge in [-0.15, -0.1) is 0 Å². The number of rotatable bonds is 4. The number of anilines is 1. The Bertz CT molecular complexity index is 827. The van der Waals surface area contributed by atoms with E-state index in [-0.39, 0.29) is 5.91 Å². The number of amides is 1. The van der Waals surface area contributed by atoms with Gasteiger partial charge in [-0.2, -0.15) is 0 Å². The number of pyridine rings is 1. The molecule has 3 aromatic rings. The largest absolute Gasteiger partial charge is 0.321 e. The van der Waals surface area contributed by atoms with Crippen molar-refractivity contribution in [1.29, 1.82) is 0 Å². The van der Waals surface area contributed by atoms with E-state index >= 15 is 0 Å². The van der Waals surface area contributed by atoms with Crippen molar-refractivity contribution in [2.24, 2.45) is 0 Å². The smallest absolute Gasteiger partial charge is 0.255 e. The predicted octanol–water partition coefficient (Wildman–Crippen LogP) is 4.64. The van der Waals surface area contributed by atoms with Crippen LogP contribution in [0.4, 0.5) is 5.69 Å². The molecular formula is C20H16N2O. The maximum absolute atomic E-state index is 12.4. The third kappa shape index (κ3) is 3.35. The second-order valence-electron chi connectivity index (χ2n) is 5.04. The van der Waals surface area contributed by atoms with Crippen LogP contribution in [0.1, 0.15) is 15.9 Å². The van der Waals surface area contributed by atoms with Crippen LogP contribution in [-0.4, -0.2) is 10.9 Å². The summed E-state index contributed by atoms with van der Waals surface area (Å²) in [7, 11) is 0. The molecular weight excluding hydrogens is 284 g/mol. The third-order valence-electron chi connectivity index (χ3n) is 3.50. The van der Waals surface area contributed by atoms with Gasteiger partial charge in [0.25, 0.3) is 5.91 Å². The maximum Gasteiger partial charge on any atom is 0.255 e. The molecule has 3 nitrogen and oxygen atoms in total. The Balaban J connectivity index is 2.00. The van der Waals surface area contributed by atoms with Gasteiger partial charge in [0.1, 0.15) is 0 Å². The van der Waals surface area contributed by atoms with Gasteiger partial charge < -0.3 is 5.32 Å². The highest BCUT2D eigenvalue weighted by molar-refractivity contribution is 6.06. The van der Waals surface area contributed by atoms with Gasteiger partial charge in [0, 0.05) is 17.3 Å². The van der Waals surface area contributed by atoms with Gasteiger partial charge in [0.05, 0.1) is 11.4 Å². The summed E-state index contributed by atoms with van der Waals surface area (Å²) in [6, 6.07) is 20.6. The fourth-order valence-electron chi connectivity index (χ4n) is 2.32. The fraction of sp³-hybridized carbons (Fsp3) is 0. The first kappa shape index (κ1) is 14.7. The molecule has 1 heterocycles. The molecule has 0 fully saturated rings. The van der Waals surface area contributed by atoms with Crippen molar-refractivity contribution in [3.05, 3.63) is 90.6 Å². The minimum absolute atomic E-state index is 0.149. The van der Waals surface area contributed by atoms with Crippen molar-refractivity contribution in [2.45, 2.75) is 0 Å². The topological polar surface area (TPSA) is 42.0 Å². The van der Waals surface area contributed by atoms with Crippen LogP contribution in [-0.2, 0) is 0 Å². The molecule has 0 aliphatic carbocycles. The first-order chi connectivity index (χ1) is 11.3. The molecule has 0 aliphatic rings. The molecule has 23 heavy (non-hydrogen) atoms. The SMILES string of the molecule is C=Cc1ccc(-c2ccccn2)c(NC(=O)c2ccccc2)c1. The Hall–Kier alpha value is -3.20. The van der Waals surface area contributed by atoms with E-state index < -0.39 is 0 Å². The highest BCUT2D eigenvalue weighted by Gasteiger charge is 2.11. The van der Waals surface area contributed by atoms with Gasteiger partial charge in [-0.3, -0.25) is 9.78 Å². The van der Waals surface area contributed by atoms with Gasteiger partial charge in [-0.05, 0) is 35.9 Å². The number of carbonyl (C=O) groups excluding carboxylic acids is 1. The van der Waals surface area contributed by atoms with Gasteiger partial charge in [0.15, 0.2) is 0 Å². The summed E-state index contributed by atoms with van der Waals surface area (Å²) in [6.45, 7) is 3.78. The predicted molar refractivity (Wildman–Crippen MR) is 94.2 cm³/mol. The number of nitrogens with zero attached hydrogens (tertiary/aromatic N) is 1. The molecule has 0 radical (unpaired) electrons. The summed E-state index contributed by atoms with van der Waals surface area (Å²) < 4.78 is 0. The van der Waals surface area contributed by atoms with Gasteiger partial charge in [0.2, 0.25) is 0 Å². The lowest BCUT2D eigenvalue weighted by Gasteiger charge is -2.12. The van der Waals surface area contributed by atoms with Crippen LogP contribution in [0.5, 0.6) is 0 Å². The average molecular weight is 300 g/mol. The molecule has 0 bridgehead atoms. The van der Waals surface area contributed by atoms with Crippen LogP contribution in [0.2, 0.25) is 0 Å². The molecule has 1 N–H and O–H groups in total. The van der Waals surface area contributed by atoms with E-state index in [9.17, 15) is 4.79 Å². The Kier molecular flexibility index (Phi) is 4.29. The van der Waals surface area contributed by atoms with E-state index in [1.54, 1.807) is 24.4 Å². The first-order valence-corrected chi connectivity index (χ1v) is 7.32. The number of benzene rings is 2. The molecule has 0 aliphatic heterocycles. The third-order valence-corrected chi connectivity index (χ3v) is 3.50. The zero-order chi connectivity index (χ0) is 16.1. The van der Waals surface area contributed by atoms with Crippen molar-refractivity contribution in [3.8, 4) is 11.3 Å². The molecule has 0 saturated carbocycles. The van der Waals surface area contributed by atoms with Gasteiger partial charge >= 0.3 is 0 Å². The first-order valence-electron chi connectivity index (χ1n) is 7.32. The molecule has 112 valence electrons. The van der Waals surface area contributed by atoms with E-state index in [4.69, 9.17) is 0 Å². The maximum atomic E-state index is 12.4. The van der Waals surface area contributed by atoms with Gasteiger partial charge in [-0.25, -0.2) is 0 Å². The normalized spacial score (nSPS) is 10.1. The lowest BCUT2D eigenvalue weighted by Crippen LogP contribution is -2.12. The number of carbonyl (C=O) groups is 1. The second kappa shape index (κ2) is 6.71. The van der Waals surface area contributed by atoms with Crippen LogP contribution < -0.4 is 5.32 Å². The molecule has 3 rings (SSSR count). The number of hydrogen-bond acceptors (Lipinski definition) is 2. The standard InChI is InChI=1S/C20H16N2O/c1-2-15-11-12-17(18-10-6-7-13-21-18)19(14-15)22-20(23)16-8-4-3-5-9-16/h2-14H,1H2,(H,22,23). The molecule has 0 saturated heterocycles. The van der Waals surface area contributed by atoms with E-state index in [1.807, 2.05) is 54.6 Å². The molecule has 3 heteroatoms. The second-order valence-corrected chi connectivity index (χ2v) is 5.04. The summed E-state index contributed by atoms with van der Waals surface area (Å²) in [5.74, 6) is -0.149. The highest BCUT2D eigenvalue weighted by Crippen LogP contribution is 2.28. The minimum atomic E-state index is -0.149. The van der Waals surface area contributed by atoms with Crippen molar-refractivity contribution in [1.82, 2.24) is 4.98 Å². The Morgan fingerprint density at radius 1 is 1.00 bits per heavy atom. The Morgan fingerprint density at radius 3 is 2.48 bits per heavy atom. The number of hydrogen-bond donors (Lipinski definition) is 1. The molecule has 0 spiro atoms. The van der Waals surface area contributed by atoms with E-state index in [2.05, 4.69) is 16.9 Å². The van der Waals surface area contributed by atoms with Gasteiger partial charge in [-0.1, -0.05) is 49.1 Å². The van der Waals surface area contributed by atoms with E-state index in [0.29, 0.717) is 5.56 Å². The van der Waals surface area contributed by atoms with E-state index in [0.717, 1.165) is 22.5 Å². The van der Waals surface area contributed by atoms with Crippen LogP contribution in [0, 0.1) is 0 Å². The van der Waals surface area contributed by atoms with Crippen LogP contribution in [0.25, 0.3) is 17.3 Å². The quantitative estimate of drug-likeness (QED) is 0.762. The monoisotopic (exact) mass is 300 g/mol. The molecule has 2 aromatic carbocycles. The average Bonchev–Trinajstić information content (AvgIpc) is 2.63. The summed E-state index contributed by atoms with van der Waals surface area (Å²) in [5.41, 5.74) is 3.96. The summed E-state index contributed by atoms with van der Waals surface area (Å²) >= 11 is 0. The number of nitrogens with one attached hydrogen (secondary N) is 1. The van der Waals surface area contributed by atoms with Crippen LogP contribution in [0.3, 0.4) is 0 Å². The Labute approximate surface area is 135 Å². The summed E-state index contributed by atoms with van der Waals surface area (Å²) in [5, 5.41) is 2.97. The zero-order valence-electron chi connectivity index (χ0n) is 12.6. The summed E-state index contributed by atoms with van der Waals surface area (Å²) in [6.07, 6.45) is 3.49. The fourth-order valence-corrected chi connectivity index (χ4v) is 2.32. The summed E-state index contributed by atoms with van der Waals surface area (Å²) in [4.78, 5) is 16.8. The van der Waals surface area contributed by atoms with Crippen molar-refractivity contribution < 1.29 is 4.79 Å².